The standard InChI is InChI=1S/C20H23FN2O2/c1-20(2,3)25-19(24)23-17-5-4-6-18(23)11-15(10-17)14-7-13(12-22)8-16(21)9-14/h7-10,17-18H,4-6,11H2,1-3H3. The summed E-state index contributed by atoms with van der Waals surface area (Å²) in [6.45, 7) is 5.59. The summed E-state index contributed by atoms with van der Waals surface area (Å²) in [5.41, 5.74) is 1.53. The van der Waals surface area contributed by atoms with Gasteiger partial charge in [0.2, 0.25) is 0 Å². The molecular formula is C20H23FN2O2. The summed E-state index contributed by atoms with van der Waals surface area (Å²) in [4.78, 5) is 14.4. The SMILES string of the molecule is CC(C)(C)OC(=O)N1C2C=C(c3cc(F)cc(C#N)c3)CC1CCC2. The lowest BCUT2D eigenvalue weighted by Gasteiger charge is -2.45. The van der Waals surface area contributed by atoms with E-state index >= 15 is 0 Å². The molecular weight excluding hydrogens is 319 g/mol. The molecule has 1 amide bonds. The van der Waals surface area contributed by atoms with Crippen molar-refractivity contribution in [3.8, 4) is 6.07 Å². The minimum atomic E-state index is -0.528. The van der Waals surface area contributed by atoms with Crippen molar-refractivity contribution in [3.05, 3.63) is 41.2 Å². The van der Waals surface area contributed by atoms with Crippen LogP contribution < -0.4 is 0 Å². The molecule has 0 saturated carbocycles. The van der Waals surface area contributed by atoms with E-state index in [1.165, 1.54) is 12.1 Å². The van der Waals surface area contributed by atoms with Gasteiger partial charge >= 0.3 is 6.09 Å². The Balaban J connectivity index is 1.90. The first-order valence-corrected chi connectivity index (χ1v) is 8.70. The smallest absolute Gasteiger partial charge is 0.411 e. The largest absolute Gasteiger partial charge is 0.444 e. The second-order valence-electron chi connectivity index (χ2n) is 7.78. The van der Waals surface area contributed by atoms with Crippen molar-refractivity contribution in [2.75, 3.05) is 0 Å². The van der Waals surface area contributed by atoms with Gasteiger partial charge in [0.1, 0.15) is 11.4 Å². The summed E-state index contributed by atoms with van der Waals surface area (Å²) in [7, 11) is 0. The van der Waals surface area contributed by atoms with Crippen molar-refractivity contribution in [1.29, 1.82) is 5.26 Å². The summed E-state index contributed by atoms with van der Waals surface area (Å²) in [5.74, 6) is -0.408. The molecule has 1 fully saturated rings. The zero-order chi connectivity index (χ0) is 18.2. The zero-order valence-corrected chi connectivity index (χ0v) is 14.9. The van der Waals surface area contributed by atoms with E-state index in [1.807, 2.05) is 37.8 Å². The van der Waals surface area contributed by atoms with Crippen molar-refractivity contribution in [2.45, 2.75) is 64.1 Å². The average Bonchev–Trinajstić information content (AvgIpc) is 2.51. The fraction of sp³-hybridized carbons (Fsp3) is 0.500. The average molecular weight is 342 g/mol. The molecule has 0 N–H and O–H groups in total. The fourth-order valence-corrected chi connectivity index (χ4v) is 3.68. The van der Waals surface area contributed by atoms with Crippen LogP contribution in [0.1, 0.15) is 57.6 Å². The normalized spacial score (nSPS) is 22.8. The maximum Gasteiger partial charge on any atom is 0.411 e. The van der Waals surface area contributed by atoms with Crippen LogP contribution in [0.25, 0.3) is 5.57 Å². The maximum absolute atomic E-state index is 13.8. The van der Waals surface area contributed by atoms with E-state index in [2.05, 4.69) is 0 Å². The van der Waals surface area contributed by atoms with E-state index in [0.717, 1.165) is 30.4 Å². The van der Waals surface area contributed by atoms with Crippen LogP contribution in [-0.4, -0.2) is 28.7 Å². The van der Waals surface area contributed by atoms with E-state index in [1.54, 1.807) is 6.07 Å². The topological polar surface area (TPSA) is 53.3 Å². The van der Waals surface area contributed by atoms with Crippen LogP contribution in [0.3, 0.4) is 0 Å². The number of rotatable bonds is 1. The fourth-order valence-electron chi connectivity index (χ4n) is 3.68. The third-order valence-electron chi connectivity index (χ3n) is 4.64. The Kier molecular flexibility index (Phi) is 4.55. The first-order valence-electron chi connectivity index (χ1n) is 8.70. The molecule has 0 aromatic heterocycles. The number of piperidine rings is 1. The van der Waals surface area contributed by atoms with Crippen molar-refractivity contribution >= 4 is 11.7 Å². The quantitative estimate of drug-likeness (QED) is 0.747. The van der Waals surface area contributed by atoms with Gasteiger partial charge in [-0.3, -0.25) is 4.90 Å². The number of hydrogen-bond donors (Lipinski definition) is 0. The Bertz CT molecular complexity index is 758. The number of hydrogen-bond acceptors (Lipinski definition) is 3. The van der Waals surface area contributed by atoms with Crippen molar-refractivity contribution in [1.82, 2.24) is 4.90 Å². The Morgan fingerprint density at radius 1 is 1.32 bits per heavy atom. The lowest BCUT2D eigenvalue weighted by molar-refractivity contribution is 0.0000818. The van der Waals surface area contributed by atoms with Crippen LogP contribution in [0.2, 0.25) is 0 Å². The molecule has 3 rings (SSSR count). The molecule has 1 saturated heterocycles. The number of amides is 1. The highest BCUT2D eigenvalue weighted by atomic mass is 19.1. The third kappa shape index (κ3) is 3.84. The predicted octanol–water partition coefficient (Wildman–Crippen LogP) is 4.64. The van der Waals surface area contributed by atoms with Crippen molar-refractivity contribution in [3.63, 3.8) is 0 Å². The molecule has 5 heteroatoms. The molecule has 0 spiro atoms. The Morgan fingerprint density at radius 3 is 2.72 bits per heavy atom. The summed E-state index contributed by atoms with van der Waals surface area (Å²) in [5, 5.41) is 9.06. The summed E-state index contributed by atoms with van der Waals surface area (Å²) in [6, 6.07) is 6.44. The number of ether oxygens (including phenoxy) is 1. The lowest BCUT2D eigenvalue weighted by atomic mass is 9.83. The van der Waals surface area contributed by atoms with Gasteiger partial charge in [-0.15, -0.1) is 0 Å². The van der Waals surface area contributed by atoms with Gasteiger partial charge in [0.25, 0.3) is 0 Å². The molecule has 0 radical (unpaired) electrons. The van der Waals surface area contributed by atoms with Gasteiger partial charge in [-0.1, -0.05) is 6.08 Å². The molecule has 2 heterocycles. The predicted molar refractivity (Wildman–Crippen MR) is 93.2 cm³/mol. The van der Waals surface area contributed by atoms with Gasteiger partial charge in [0, 0.05) is 6.04 Å². The summed E-state index contributed by atoms with van der Waals surface area (Å²) in [6.07, 6.45) is 5.26. The Labute approximate surface area is 147 Å². The van der Waals surface area contributed by atoms with Crippen LogP contribution in [0.5, 0.6) is 0 Å². The molecule has 2 bridgehead atoms. The third-order valence-corrected chi connectivity index (χ3v) is 4.64. The Hall–Kier alpha value is -2.35. The number of nitriles is 1. The van der Waals surface area contributed by atoms with E-state index in [0.29, 0.717) is 12.0 Å². The highest BCUT2D eigenvalue weighted by Gasteiger charge is 2.39. The van der Waals surface area contributed by atoms with Crippen molar-refractivity contribution < 1.29 is 13.9 Å². The minimum Gasteiger partial charge on any atom is -0.444 e. The molecule has 1 aromatic carbocycles. The van der Waals surface area contributed by atoms with Crippen LogP contribution >= 0.6 is 0 Å². The second-order valence-corrected chi connectivity index (χ2v) is 7.78. The highest BCUT2D eigenvalue weighted by molar-refractivity contribution is 5.75. The number of halogens is 1. The number of carbonyl (C=O) groups is 1. The molecule has 0 aliphatic carbocycles. The lowest BCUT2D eigenvalue weighted by Crippen LogP contribution is -2.53. The minimum absolute atomic E-state index is 0.0360. The van der Waals surface area contributed by atoms with Gasteiger partial charge in [0.15, 0.2) is 0 Å². The van der Waals surface area contributed by atoms with Crippen LogP contribution in [0, 0.1) is 17.1 Å². The van der Waals surface area contributed by atoms with Gasteiger partial charge < -0.3 is 4.74 Å². The maximum atomic E-state index is 13.8. The number of fused-ring (bicyclic) bond motifs is 2. The van der Waals surface area contributed by atoms with Gasteiger partial charge in [-0.05, 0) is 75.8 Å². The molecule has 2 aliphatic heterocycles. The second kappa shape index (κ2) is 6.51. The first-order chi connectivity index (χ1) is 11.8. The molecule has 132 valence electrons. The summed E-state index contributed by atoms with van der Waals surface area (Å²) >= 11 is 0. The molecule has 2 aliphatic rings. The molecule has 25 heavy (non-hydrogen) atoms. The molecule has 4 nitrogen and oxygen atoms in total. The zero-order valence-electron chi connectivity index (χ0n) is 14.9. The van der Waals surface area contributed by atoms with E-state index < -0.39 is 11.4 Å². The van der Waals surface area contributed by atoms with Gasteiger partial charge in [0.05, 0.1) is 17.7 Å². The highest BCUT2D eigenvalue weighted by Crippen LogP contribution is 2.38. The van der Waals surface area contributed by atoms with E-state index in [-0.39, 0.29) is 18.2 Å². The monoisotopic (exact) mass is 342 g/mol. The van der Waals surface area contributed by atoms with E-state index in [9.17, 15) is 9.18 Å². The van der Waals surface area contributed by atoms with E-state index in [4.69, 9.17) is 10.00 Å². The number of nitrogens with zero attached hydrogens (tertiary/aromatic N) is 2. The molecule has 1 aromatic rings. The molecule has 2 unspecified atom stereocenters. The van der Waals surface area contributed by atoms with Crippen LogP contribution in [-0.2, 0) is 4.74 Å². The number of carbonyl (C=O) groups excluding carboxylic acids is 1. The van der Waals surface area contributed by atoms with Crippen LogP contribution in [0.4, 0.5) is 9.18 Å². The first kappa shape index (κ1) is 17.5. The van der Waals surface area contributed by atoms with Crippen LogP contribution in [0.15, 0.2) is 24.3 Å². The van der Waals surface area contributed by atoms with Gasteiger partial charge in [-0.2, -0.15) is 5.26 Å². The molecule has 2 atom stereocenters. The van der Waals surface area contributed by atoms with Crippen molar-refractivity contribution in [2.24, 2.45) is 0 Å². The summed E-state index contributed by atoms with van der Waals surface area (Å²) < 4.78 is 19.4. The van der Waals surface area contributed by atoms with Gasteiger partial charge in [-0.25, -0.2) is 9.18 Å². The Morgan fingerprint density at radius 2 is 2.08 bits per heavy atom. The number of benzene rings is 1.